The van der Waals surface area contributed by atoms with Gasteiger partial charge in [0.15, 0.2) is 0 Å². The summed E-state index contributed by atoms with van der Waals surface area (Å²) in [5, 5.41) is 0.415. The molecule has 2 rings (SSSR count). The molecule has 0 N–H and O–H groups in total. The van der Waals surface area contributed by atoms with Crippen LogP contribution in [0.2, 0.25) is 5.15 Å². The molecule has 1 fully saturated rings. The minimum Gasteiger partial charge on any atom is -0.495 e. The maximum Gasteiger partial charge on any atom is 0.487 e. The highest BCUT2D eigenvalue weighted by molar-refractivity contribution is 6.52. The number of methoxy groups -OCH3 is 1. The Morgan fingerprint density at radius 2 is 1.85 bits per heavy atom. The maximum atomic E-state index is 6.05. The summed E-state index contributed by atoms with van der Waals surface area (Å²) in [5.41, 5.74) is 0.0670. The van der Waals surface area contributed by atoms with Gasteiger partial charge in [-0.3, -0.25) is 0 Å². The molecule has 0 radical (unpaired) electrons. The average Bonchev–Trinajstić information content (AvgIpc) is 2.57. The summed E-state index contributed by atoms with van der Waals surface area (Å²) in [6.07, 6.45) is 3.41. The van der Waals surface area contributed by atoms with E-state index in [0.717, 1.165) is 5.56 Å². The lowest BCUT2D eigenvalue weighted by Gasteiger charge is -2.32. The van der Waals surface area contributed by atoms with E-state index in [1.807, 2.05) is 45.8 Å². The van der Waals surface area contributed by atoms with Gasteiger partial charge in [-0.1, -0.05) is 23.7 Å². The van der Waals surface area contributed by atoms with Crippen molar-refractivity contribution in [3.63, 3.8) is 0 Å². The van der Waals surface area contributed by atoms with Crippen LogP contribution in [0.25, 0.3) is 6.08 Å². The molecule has 108 valence electrons. The van der Waals surface area contributed by atoms with Crippen molar-refractivity contribution >= 4 is 24.8 Å². The fourth-order valence-corrected chi connectivity index (χ4v) is 1.99. The Morgan fingerprint density at radius 3 is 2.40 bits per heavy atom. The van der Waals surface area contributed by atoms with E-state index >= 15 is 0 Å². The molecule has 0 saturated carbocycles. The summed E-state index contributed by atoms with van der Waals surface area (Å²) < 4.78 is 16.9. The van der Waals surface area contributed by atoms with Crippen molar-refractivity contribution in [3.05, 3.63) is 29.0 Å². The zero-order valence-electron chi connectivity index (χ0n) is 12.4. The molecule has 0 aliphatic carbocycles. The first-order valence-corrected chi connectivity index (χ1v) is 6.86. The molecule has 2 heterocycles. The van der Waals surface area contributed by atoms with Gasteiger partial charge in [0.05, 0.1) is 24.5 Å². The minimum absolute atomic E-state index is 0.349. The first-order valence-electron chi connectivity index (χ1n) is 6.48. The lowest BCUT2D eigenvalue weighted by molar-refractivity contribution is 0.00578. The number of hydrogen-bond donors (Lipinski definition) is 0. The Labute approximate surface area is 125 Å². The summed E-state index contributed by atoms with van der Waals surface area (Å²) in [5.74, 6) is 2.49. The highest BCUT2D eigenvalue weighted by Gasteiger charge is 2.49. The third kappa shape index (κ3) is 3.00. The van der Waals surface area contributed by atoms with Crippen molar-refractivity contribution in [1.29, 1.82) is 0 Å². The van der Waals surface area contributed by atoms with Gasteiger partial charge in [0.1, 0.15) is 10.9 Å². The first kappa shape index (κ1) is 15.4. The maximum absolute atomic E-state index is 6.05. The van der Waals surface area contributed by atoms with E-state index in [-0.39, 0.29) is 11.2 Å². The van der Waals surface area contributed by atoms with Gasteiger partial charge in [-0.2, -0.15) is 0 Å². The topological polar surface area (TPSA) is 40.6 Å². The number of halogens is 1. The van der Waals surface area contributed by atoms with Crippen LogP contribution in [-0.2, 0) is 9.31 Å². The van der Waals surface area contributed by atoms with E-state index in [1.165, 1.54) is 0 Å². The van der Waals surface area contributed by atoms with Crippen molar-refractivity contribution in [1.82, 2.24) is 4.98 Å². The quantitative estimate of drug-likeness (QED) is 0.633. The molecule has 4 nitrogen and oxygen atoms in total. The van der Waals surface area contributed by atoms with Crippen LogP contribution in [-0.4, -0.2) is 30.4 Å². The van der Waals surface area contributed by atoms with Crippen molar-refractivity contribution in [2.24, 2.45) is 0 Å². The third-order valence-electron chi connectivity index (χ3n) is 3.78. The SMILES string of the molecule is COc1cnc(Cl)c(/C=C/B2OC(C)(C)C(C)(C)O2)c1. The van der Waals surface area contributed by atoms with Gasteiger partial charge in [-0.05, 0) is 33.8 Å². The molecule has 0 amide bonds. The third-order valence-corrected chi connectivity index (χ3v) is 4.10. The van der Waals surface area contributed by atoms with E-state index in [2.05, 4.69) is 4.98 Å². The highest BCUT2D eigenvalue weighted by Crippen LogP contribution is 2.37. The summed E-state index contributed by atoms with van der Waals surface area (Å²) >= 11 is 6.05. The number of rotatable bonds is 3. The number of pyridine rings is 1. The Kier molecular flexibility index (Phi) is 4.14. The molecule has 0 spiro atoms. The largest absolute Gasteiger partial charge is 0.495 e. The van der Waals surface area contributed by atoms with Gasteiger partial charge >= 0.3 is 7.12 Å². The predicted molar refractivity (Wildman–Crippen MR) is 80.9 cm³/mol. The molecule has 20 heavy (non-hydrogen) atoms. The van der Waals surface area contributed by atoms with Crippen molar-refractivity contribution < 1.29 is 14.0 Å². The molecule has 1 aromatic rings. The van der Waals surface area contributed by atoms with Crippen molar-refractivity contribution in [2.75, 3.05) is 7.11 Å². The van der Waals surface area contributed by atoms with E-state index in [1.54, 1.807) is 13.3 Å². The molecule has 1 aliphatic rings. The average molecular weight is 296 g/mol. The van der Waals surface area contributed by atoms with Crippen molar-refractivity contribution in [3.8, 4) is 5.75 Å². The molecule has 1 saturated heterocycles. The molecule has 1 aliphatic heterocycles. The van der Waals surface area contributed by atoms with Crippen LogP contribution < -0.4 is 4.74 Å². The summed E-state index contributed by atoms with van der Waals surface area (Å²) in [6.45, 7) is 8.06. The summed E-state index contributed by atoms with van der Waals surface area (Å²) in [7, 11) is 1.19. The van der Waals surface area contributed by atoms with Crippen LogP contribution in [0, 0.1) is 0 Å². The van der Waals surface area contributed by atoms with Crippen LogP contribution in [0.4, 0.5) is 0 Å². The van der Waals surface area contributed by atoms with Gasteiger partial charge < -0.3 is 14.0 Å². The number of ether oxygens (including phenoxy) is 1. The molecular weight excluding hydrogens is 276 g/mol. The fourth-order valence-electron chi connectivity index (χ4n) is 1.82. The number of hydrogen-bond acceptors (Lipinski definition) is 4. The second-order valence-corrected chi connectivity index (χ2v) is 6.10. The summed E-state index contributed by atoms with van der Waals surface area (Å²) in [4.78, 5) is 4.06. The molecule has 1 aromatic heterocycles. The number of aromatic nitrogens is 1. The minimum atomic E-state index is -0.401. The zero-order valence-corrected chi connectivity index (χ0v) is 13.2. The van der Waals surface area contributed by atoms with E-state index in [0.29, 0.717) is 10.9 Å². The van der Waals surface area contributed by atoms with Gasteiger partial charge in [0.2, 0.25) is 0 Å². The summed E-state index contributed by atoms with van der Waals surface area (Å²) in [6, 6.07) is 1.82. The molecule has 0 unspecified atom stereocenters. The van der Waals surface area contributed by atoms with Crippen LogP contribution in [0.5, 0.6) is 5.75 Å². The molecule has 0 bridgehead atoms. The van der Waals surface area contributed by atoms with Crippen molar-refractivity contribution in [2.45, 2.75) is 38.9 Å². The predicted octanol–water partition coefficient (Wildman–Crippen LogP) is 3.39. The van der Waals surface area contributed by atoms with Crippen LogP contribution >= 0.6 is 11.6 Å². The molecule has 6 heteroatoms. The standard InChI is InChI=1S/C14H19BClNO3/c1-13(2)14(3,4)20-15(19-13)7-6-10-8-11(18-5)9-17-12(10)16/h6-9H,1-5H3/b7-6+. The zero-order chi connectivity index (χ0) is 15.0. The second-order valence-electron chi connectivity index (χ2n) is 5.74. The molecule has 0 aromatic carbocycles. The van der Waals surface area contributed by atoms with Gasteiger partial charge in [0, 0.05) is 5.56 Å². The van der Waals surface area contributed by atoms with Gasteiger partial charge in [-0.25, -0.2) is 4.98 Å². The van der Waals surface area contributed by atoms with E-state index in [9.17, 15) is 0 Å². The normalized spacial score (nSPS) is 20.6. The Hall–Kier alpha value is -1.04. The van der Waals surface area contributed by atoms with Gasteiger partial charge in [-0.15, -0.1) is 0 Å². The molecule has 0 atom stereocenters. The lowest BCUT2D eigenvalue weighted by atomic mass is 9.89. The number of nitrogens with zero attached hydrogens (tertiary/aromatic N) is 1. The smallest absolute Gasteiger partial charge is 0.487 e. The lowest BCUT2D eigenvalue weighted by Crippen LogP contribution is -2.41. The first-order chi connectivity index (χ1) is 9.25. The van der Waals surface area contributed by atoms with E-state index in [4.69, 9.17) is 25.6 Å². The van der Waals surface area contributed by atoms with Gasteiger partial charge in [0.25, 0.3) is 0 Å². The Bertz CT molecular complexity index is 515. The second kappa shape index (κ2) is 5.39. The van der Waals surface area contributed by atoms with Crippen LogP contribution in [0.3, 0.4) is 0 Å². The van der Waals surface area contributed by atoms with Crippen LogP contribution in [0.15, 0.2) is 18.2 Å². The highest BCUT2D eigenvalue weighted by atomic mass is 35.5. The monoisotopic (exact) mass is 295 g/mol. The Balaban J connectivity index is 2.15. The van der Waals surface area contributed by atoms with Crippen LogP contribution in [0.1, 0.15) is 33.3 Å². The Morgan fingerprint density at radius 1 is 1.25 bits per heavy atom. The van der Waals surface area contributed by atoms with E-state index < -0.39 is 7.12 Å². The molecular formula is C14H19BClNO3. The fraction of sp³-hybridized carbons (Fsp3) is 0.500.